The number of aromatic nitrogens is 7. The number of morpholine rings is 1. The maximum Gasteiger partial charge on any atom is 0.206 e. The normalized spacial score (nSPS) is 21.9. The highest BCUT2D eigenvalue weighted by molar-refractivity contribution is 5.92. The summed E-state index contributed by atoms with van der Waals surface area (Å²) in [6, 6.07) is 6.36. The van der Waals surface area contributed by atoms with E-state index < -0.39 is 0 Å². The summed E-state index contributed by atoms with van der Waals surface area (Å²) >= 11 is 0. The number of rotatable bonds is 7. The van der Waals surface area contributed by atoms with E-state index in [1.54, 1.807) is 19.5 Å². The van der Waals surface area contributed by atoms with Crippen molar-refractivity contribution < 1.29 is 9.47 Å². The second-order valence-corrected chi connectivity index (χ2v) is 13.0. The molecule has 0 radical (unpaired) electrons. The zero-order valence-corrected chi connectivity index (χ0v) is 26.1. The fourth-order valence-corrected chi connectivity index (χ4v) is 7.44. The van der Waals surface area contributed by atoms with Crippen molar-refractivity contribution in [2.75, 3.05) is 62.8 Å². The lowest BCUT2D eigenvalue weighted by atomic mass is 10.1. The van der Waals surface area contributed by atoms with Gasteiger partial charge in [0.2, 0.25) is 5.95 Å². The fraction of sp³-hybridized carbons (Fsp3) is 0.485. The van der Waals surface area contributed by atoms with Crippen molar-refractivity contribution in [3.05, 3.63) is 42.5 Å². The van der Waals surface area contributed by atoms with Crippen molar-refractivity contribution in [3.8, 4) is 22.8 Å². The summed E-state index contributed by atoms with van der Waals surface area (Å²) in [5.74, 6) is 4.32. The highest BCUT2D eigenvalue weighted by atomic mass is 16.5. The summed E-state index contributed by atoms with van der Waals surface area (Å²) in [4.78, 5) is 27.3. The first-order valence-corrected chi connectivity index (χ1v) is 16.1. The predicted octanol–water partition coefficient (Wildman–Crippen LogP) is 3.59. The number of hydrogen-bond donors (Lipinski definition) is 0. The van der Waals surface area contributed by atoms with E-state index in [9.17, 15) is 0 Å². The van der Waals surface area contributed by atoms with Gasteiger partial charge in [-0.2, -0.15) is 5.10 Å². The van der Waals surface area contributed by atoms with E-state index in [1.807, 2.05) is 23.9 Å². The number of pyridine rings is 3. The third-order valence-corrected chi connectivity index (χ3v) is 10.1. The summed E-state index contributed by atoms with van der Waals surface area (Å²) in [5, 5.41) is 5.85. The molecular weight excluding hydrogens is 568 g/mol. The Morgan fingerprint density at radius 3 is 2.64 bits per heavy atom. The molecule has 4 fully saturated rings. The van der Waals surface area contributed by atoms with E-state index in [4.69, 9.17) is 29.5 Å². The van der Waals surface area contributed by atoms with Crippen LogP contribution in [0.25, 0.3) is 39.0 Å². The highest BCUT2D eigenvalue weighted by Crippen LogP contribution is 2.38. The SMILES string of the molecule is COc1ccncc1-c1cc2c(cnn2-c2cc3c(nc(N4CCN(CC5CC5)CC4)n3C)c(N3C[C@H]4C[C@@H]3CO4)n2)c(C)n1. The molecule has 4 aliphatic rings. The van der Waals surface area contributed by atoms with Crippen LogP contribution in [0.1, 0.15) is 25.0 Å². The Morgan fingerprint density at radius 1 is 1.02 bits per heavy atom. The minimum Gasteiger partial charge on any atom is -0.496 e. The van der Waals surface area contributed by atoms with Gasteiger partial charge < -0.3 is 23.8 Å². The fourth-order valence-electron chi connectivity index (χ4n) is 7.44. The Kier molecular flexibility index (Phi) is 6.24. The lowest BCUT2D eigenvalue weighted by Crippen LogP contribution is -2.47. The van der Waals surface area contributed by atoms with Crippen LogP contribution in [0.2, 0.25) is 0 Å². The summed E-state index contributed by atoms with van der Waals surface area (Å²) in [6.45, 7) is 8.95. The van der Waals surface area contributed by atoms with Gasteiger partial charge in [-0.25, -0.2) is 14.6 Å². The predicted molar refractivity (Wildman–Crippen MR) is 172 cm³/mol. The second kappa shape index (κ2) is 10.4. The maximum absolute atomic E-state index is 5.98. The van der Waals surface area contributed by atoms with Crippen LogP contribution in [0, 0.1) is 12.8 Å². The van der Waals surface area contributed by atoms with Gasteiger partial charge in [-0.05, 0) is 44.2 Å². The number of ether oxygens (including phenoxy) is 2. The van der Waals surface area contributed by atoms with E-state index in [2.05, 4.69) is 43.4 Å². The number of aryl methyl sites for hydroxylation is 2. The molecule has 3 aliphatic heterocycles. The van der Waals surface area contributed by atoms with Crippen molar-refractivity contribution in [3.63, 3.8) is 0 Å². The molecule has 12 nitrogen and oxygen atoms in total. The molecule has 9 rings (SSSR count). The van der Waals surface area contributed by atoms with Gasteiger partial charge in [0.15, 0.2) is 11.6 Å². The van der Waals surface area contributed by atoms with E-state index >= 15 is 0 Å². The molecule has 0 spiro atoms. The van der Waals surface area contributed by atoms with Crippen molar-refractivity contribution in [2.24, 2.45) is 13.0 Å². The molecular formula is C33H38N10O2. The van der Waals surface area contributed by atoms with Gasteiger partial charge in [0.05, 0.1) is 54.4 Å². The Morgan fingerprint density at radius 2 is 1.89 bits per heavy atom. The van der Waals surface area contributed by atoms with Crippen LogP contribution >= 0.6 is 0 Å². The number of piperazine rings is 1. The van der Waals surface area contributed by atoms with Crippen LogP contribution in [-0.2, 0) is 11.8 Å². The third kappa shape index (κ3) is 4.53. The van der Waals surface area contributed by atoms with Crippen LogP contribution in [-0.4, -0.2) is 104 Å². The Labute approximate surface area is 261 Å². The van der Waals surface area contributed by atoms with Crippen molar-refractivity contribution in [1.82, 2.24) is 39.2 Å². The van der Waals surface area contributed by atoms with Gasteiger partial charge >= 0.3 is 0 Å². The molecule has 8 heterocycles. The molecule has 45 heavy (non-hydrogen) atoms. The number of imidazole rings is 1. The molecule has 0 unspecified atom stereocenters. The number of nitrogens with zero attached hydrogens (tertiary/aromatic N) is 10. The minimum atomic E-state index is 0.245. The molecule has 1 saturated carbocycles. The van der Waals surface area contributed by atoms with Crippen LogP contribution in [0.4, 0.5) is 11.8 Å². The topological polar surface area (TPSA) is 102 Å². The molecule has 5 aromatic heterocycles. The molecule has 1 aliphatic carbocycles. The van der Waals surface area contributed by atoms with Gasteiger partial charge in [-0.15, -0.1) is 0 Å². The molecule has 232 valence electrons. The molecule has 12 heteroatoms. The third-order valence-electron chi connectivity index (χ3n) is 10.1. The smallest absolute Gasteiger partial charge is 0.206 e. The largest absolute Gasteiger partial charge is 0.496 e. The first kappa shape index (κ1) is 27.1. The minimum absolute atomic E-state index is 0.245. The highest BCUT2D eigenvalue weighted by Gasteiger charge is 2.41. The molecule has 0 N–H and O–H groups in total. The second-order valence-electron chi connectivity index (χ2n) is 13.0. The standard InChI is InChI=1S/C33H38N10O2/c1-20-24-16-35-43(27(24)13-26(36-20)25-15-34-7-6-29(25)44-3)30-14-28-31(32(37-30)42-18-23-12-22(42)19-45-23)38-33(39(28)2)41-10-8-40(9-11-41)17-21-4-5-21/h6-7,13-16,21-23H,4-5,8-12,17-19H2,1-3H3/t22-,23-/m1/s1. The number of hydrogen-bond acceptors (Lipinski definition) is 10. The molecule has 2 atom stereocenters. The number of methoxy groups -OCH3 is 1. The van der Waals surface area contributed by atoms with Crippen LogP contribution in [0.3, 0.4) is 0 Å². The van der Waals surface area contributed by atoms with E-state index in [-0.39, 0.29) is 6.10 Å². The summed E-state index contributed by atoms with van der Waals surface area (Å²) in [5.41, 5.74) is 5.44. The van der Waals surface area contributed by atoms with E-state index in [0.717, 1.165) is 114 Å². The van der Waals surface area contributed by atoms with Crippen LogP contribution in [0.5, 0.6) is 5.75 Å². The molecule has 5 aromatic rings. The monoisotopic (exact) mass is 606 g/mol. The lowest BCUT2D eigenvalue weighted by Gasteiger charge is -2.35. The van der Waals surface area contributed by atoms with Crippen molar-refractivity contribution >= 4 is 33.7 Å². The van der Waals surface area contributed by atoms with E-state index in [1.165, 1.54) is 19.4 Å². The quantitative estimate of drug-likeness (QED) is 0.273. The molecule has 0 amide bonds. The lowest BCUT2D eigenvalue weighted by molar-refractivity contribution is 0.0989. The average Bonchev–Trinajstić information content (AvgIpc) is 3.40. The summed E-state index contributed by atoms with van der Waals surface area (Å²) in [7, 11) is 3.80. The van der Waals surface area contributed by atoms with Gasteiger partial charge in [-0.3, -0.25) is 14.9 Å². The van der Waals surface area contributed by atoms with Crippen molar-refractivity contribution in [1.29, 1.82) is 0 Å². The zero-order valence-electron chi connectivity index (χ0n) is 26.1. The number of anilines is 2. The van der Waals surface area contributed by atoms with Gasteiger partial charge in [-0.1, -0.05) is 0 Å². The average molecular weight is 607 g/mol. The first-order chi connectivity index (χ1) is 22.0. The van der Waals surface area contributed by atoms with Gasteiger partial charge in [0.1, 0.15) is 11.3 Å². The Balaban J connectivity index is 1.16. The van der Waals surface area contributed by atoms with Gasteiger partial charge in [0.25, 0.3) is 0 Å². The van der Waals surface area contributed by atoms with E-state index in [0.29, 0.717) is 6.04 Å². The molecule has 3 saturated heterocycles. The molecule has 2 bridgehead atoms. The first-order valence-electron chi connectivity index (χ1n) is 16.1. The van der Waals surface area contributed by atoms with Crippen LogP contribution in [0.15, 0.2) is 36.8 Å². The molecule has 0 aromatic carbocycles. The van der Waals surface area contributed by atoms with Crippen molar-refractivity contribution in [2.45, 2.75) is 38.3 Å². The van der Waals surface area contributed by atoms with Gasteiger partial charge in [0, 0.05) is 75.9 Å². The summed E-state index contributed by atoms with van der Waals surface area (Å²) in [6.07, 6.45) is 9.47. The number of fused-ring (bicyclic) bond motifs is 4. The van der Waals surface area contributed by atoms with Crippen LogP contribution < -0.4 is 14.5 Å². The maximum atomic E-state index is 5.98. The Hall–Kier alpha value is -4.29. The Bertz CT molecular complexity index is 1920. The summed E-state index contributed by atoms with van der Waals surface area (Å²) < 4.78 is 15.8. The zero-order chi connectivity index (χ0) is 30.2.